The van der Waals surface area contributed by atoms with Crippen LogP contribution < -0.4 is 5.43 Å². The van der Waals surface area contributed by atoms with Gasteiger partial charge in [-0.15, -0.1) is 0 Å². The molecule has 0 saturated carbocycles. The van der Waals surface area contributed by atoms with Crippen LogP contribution in [-0.4, -0.2) is 22.2 Å². The molecular weight excluding hydrogens is 278 g/mol. The van der Waals surface area contributed by atoms with Crippen molar-refractivity contribution in [3.8, 4) is 5.75 Å². The van der Waals surface area contributed by atoms with E-state index in [4.69, 9.17) is 0 Å². The molecule has 3 rings (SSSR count). The number of nitrogens with zero attached hydrogens (tertiary/aromatic N) is 2. The van der Waals surface area contributed by atoms with E-state index in [2.05, 4.69) is 15.5 Å². The van der Waals surface area contributed by atoms with Crippen molar-refractivity contribution in [1.29, 1.82) is 0 Å². The lowest BCUT2D eigenvalue weighted by atomic mass is 10.0. The predicted octanol–water partition coefficient (Wildman–Crippen LogP) is 2.70. The van der Waals surface area contributed by atoms with Crippen LogP contribution in [0, 0.1) is 0 Å². The Morgan fingerprint density at radius 2 is 2.00 bits per heavy atom. The Morgan fingerprint density at radius 3 is 2.82 bits per heavy atom. The molecule has 0 fully saturated rings. The summed E-state index contributed by atoms with van der Waals surface area (Å²) in [7, 11) is 0. The van der Waals surface area contributed by atoms with Gasteiger partial charge in [-0.05, 0) is 29.0 Å². The highest BCUT2D eigenvalue weighted by Crippen LogP contribution is 2.25. The quantitative estimate of drug-likeness (QED) is 0.575. The first-order valence-electron chi connectivity index (χ1n) is 6.70. The molecule has 0 unspecified atom stereocenters. The van der Waals surface area contributed by atoms with Crippen molar-refractivity contribution in [1.82, 2.24) is 10.4 Å². The van der Waals surface area contributed by atoms with Gasteiger partial charge in [-0.3, -0.25) is 9.78 Å². The van der Waals surface area contributed by atoms with Crippen LogP contribution in [0.15, 0.2) is 66.0 Å². The van der Waals surface area contributed by atoms with Crippen LogP contribution in [0.1, 0.15) is 15.9 Å². The lowest BCUT2D eigenvalue weighted by molar-refractivity contribution is 0.0954. The minimum Gasteiger partial charge on any atom is -0.507 e. The van der Waals surface area contributed by atoms with Gasteiger partial charge in [0.15, 0.2) is 0 Å². The SMILES string of the molecule is O=C(N/N=C/c1c(O)ccc2ccccc12)c1cccnc1. The van der Waals surface area contributed by atoms with Crippen LogP contribution >= 0.6 is 0 Å². The van der Waals surface area contributed by atoms with Gasteiger partial charge in [-0.25, -0.2) is 5.43 Å². The average Bonchev–Trinajstić information content (AvgIpc) is 2.57. The number of rotatable bonds is 3. The number of hydrogen-bond donors (Lipinski definition) is 2. The van der Waals surface area contributed by atoms with Crippen molar-refractivity contribution in [3.63, 3.8) is 0 Å². The molecule has 1 heterocycles. The fourth-order valence-electron chi connectivity index (χ4n) is 2.14. The topological polar surface area (TPSA) is 74.6 Å². The number of hydrazone groups is 1. The third kappa shape index (κ3) is 2.78. The summed E-state index contributed by atoms with van der Waals surface area (Å²) < 4.78 is 0. The second kappa shape index (κ2) is 6.05. The molecule has 1 amide bonds. The van der Waals surface area contributed by atoms with Gasteiger partial charge >= 0.3 is 0 Å². The molecule has 0 atom stereocenters. The van der Waals surface area contributed by atoms with E-state index in [-0.39, 0.29) is 11.7 Å². The Kier molecular flexibility index (Phi) is 3.78. The van der Waals surface area contributed by atoms with Gasteiger partial charge in [-0.1, -0.05) is 30.3 Å². The van der Waals surface area contributed by atoms with E-state index in [1.165, 1.54) is 12.4 Å². The van der Waals surface area contributed by atoms with Crippen LogP contribution in [0.3, 0.4) is 0 Å². The van der Waals surface area contributed by atoms with Gasteiger partial charge in [0.05, 0.1) is 11.8 Å². The van der Waals surface area contributed by atoms with Crippen molar-refractivity contribution in [2.45, 2.75) is 0 Å². The first-order chi connectivity index (χ1) is 10.8. The Hall–Kier alpha value is -3.21. The molecule has 0 aliphatic rings. The zero-order valence-corrected chi connectivity index (χ0v) is 11.6. The molecule has 3 aromatic rings. The van der Waals surface area contributed by atoms with Crippen LogP contribution in [0.5, 0.6) is 5.75 Å². The molecule has 5 heteroatoms. The molecular formula is C17H13N3O2. The normalized spacial score (nSPS) is 10.9. The number of phenols is 1. The number of pyridine rings is 1. The number of carbonyl (C=O) groups is 1. The van der Waals surface area contributed by atoms with Gasteiger partial charge in [0.25, 0.3) is 5.91 Å². The molecule has 0 aliphatic heterocycles. The number of aromatic hydroxyl groups is 1. The van der Waals surface area contributed by atoms with Crippen LogP contribution in [0.2, 0.25) is 0 Å². The largest absolute Gasteiger partial charge is 0.507 e. The van der Waals surface area contributed by atoms with Crippen LogP contribution in [-0.2, 0) is 0 Å². The third-order valence-corrected chi connectivity index (χ3v) is 3.23. The van der Waals surface area contributed by atoms with E-state index in [9.17, 15) is 9.90 Å². The van der Waals surface area contributed by atoms with Gasteiger partial charge in [0, 0.05) is 18.0 Å². The Labute approximate surface area is 126 Å². The van der Waals surface area contributed by atoms with Gasteiger partial charge < -0.3 is 5.11 Å². The standard InChI is InChI=1S/C17H13N3O2/c21-16-8-7-12-4-1-2-6-14(12)15(16)11-19-20-17(22)13-5-3-9-18-10-13/h1-11,21H,(H,20,22)/b19-11+. The van der Waals surface area contributed by atoms with E-state index in [0.717, 1.165) is 10.8 Å². The van der Waals surface area contributed by atoms with E-state index >= 15 is 0 Å². The molecule has 0 saturated heterocycles. The van der Waals surface area contributed by atoms with E-state index < -0.39 is 0 Å². The molecule has 22 heavy (non-hydrogen) atoms. The molecule has 0 aliphatic carbocycles. The second-order valence-electron chi connectivity index (χ2n) is 4.66. The highest BCUT2D eigenvalue weighted by molar-refractivity contribution is 6.03. The highest BCUT2D eigenvalue weighted by atomic mass is 16.3. The number of benzene rings is 2. The molecule has 5 nitrogen and oxygen atoms in total. The Morgan fingerprint density at radius 1 is 1.14 bits per heavy atom. The fraction of sp³-hybridized carbons (Fsp3) is 0. The monoisotopic (exact) mass is 291 g/mol. The Balaban J connectivity index is 1.84. The van der Waals surface area contributed by atoms with Gasteiger partial charge in [-0.2, -0.15) is 5.10 Å². The number of amides is 1. The van der Waals surface area contributed by atoms with E-state index in [0.29, 0.717) is 11.1 Å². The first kappa shape index (κ1) is 13.8. The molecule has 108 valence electrons. The predicted molar refractivity (Wildman–Crippen MR) is 84.9 cm³/mol. The highest BCUT2D eigenvalue weighted by Gasteiger charge is 2.05. The van der Waals surface area contributed by atoms with E-state index in [1.807, 2.05) is 30.3 Å². The van der Waals surface area contributed by atoms with Crippen molar-refractivity contribution in [2.24, 2.45) is 5.10 Å². The smallest absolute Gasteiger partial charge is 0.272 e. The van der Waals surface area contributed by atoms with Crippen LogP contribution in [0.25, 0.3) is 10.8 Å². The van der Waals surface area contributed by atoms with E-state index in [1.54, 1.807) is 24.4 Å². The van der Waals surface area contributed by atoms with Crippen molar-refractivity contribution in [2.75, 3.05) is 0 Å². The summed E-state index contributed by atoms with van der Waals surface area (Å²) in [5.41, 5.74) is 3.40. The zero-order valence-electron chi connectivity index (χ0n) is 11.6. The molecule has 0 spiro atoms. The lowest BCUT2D eigenvalue weighted by Gasteiger charge is -2.04. The summed E-state index contributed by atoms with van der Waals surface area (Å²) in [6, 6.07) is 14.4. The molecule has 2 N–H and O–H groups in total. The number of fused-ring (bicyclic) bond motifs is 1. The fourth-order valence-corrected chi connectivity index (χ4v) is 2.14. The minimum absolute atomic E-state index is 0.109. The molecule has 2 aromatic carbocycles. The first-order valence-corrected chi connectivity index (χ1v) is 6.70. The number of nitrogens with one attached hydrogen (secondary N) is 1. The maximum absolute atomic E-state index is 11.9. The number of hydrogen-bond acceptors (Lipinski definition) is 4. The maximum atomic E-state index is 11.9. The number of phenolic OH excluding ortho intramolecular Hbond substituents is 1. The zero-order chi connectivity index (χ0) is 15.4. The van der Waals surface area contributed by atoms with Gasteiger partial charge in [0.2, 0.25) is 0 Å². The summed E-state index contributed by atoms with van der Waals surface area (Å²) in [4.78, 5) is 15.7. The van der Waals surface area contributed by atoms with Crippen molar-refractivity contribution in [3.05, 3.63) is 72.1 Å². The Bertz CT molecular complexity index is 845. The summed E-state index contributed by atoms with van der Waals surface area (Å²) in [5, 5.41) is 15.7. The maximum Gasteiger partial charge on any atom is 0.272 e. The average molecular weight is 291 g/mol. The molecule has 0 radical (unpaired) electrons. The third-order valence-electron chi connectivity index (χ3n) is 3.23. The van der Waals surface area contributed by atoms with Crippen molar-refractivity contribution >= 4 is 22.9 Å². The minimum atomic E-state index is -0.357. The molecule has 1 aromatic heterocycles. The van der Waals surface area contributed by atoms with Crippen LogP contribution in [0.4, 0.5) is 0 Å². The number of aromatic nitrogens is 1. The summed E-state index contributed by atoms with van der Waals surface area (Å²) in [6.07, 6.45) is 4.49. The van der Waals surface area contributed by atoms with Gasteiger partial charge in [0.1, 0.15) is 5.75 Å². The summed E-state index contributed by atoms with van der Waals surface area (Å²) >= 11 is 0. The second-order valence-corrected chi connectivity index (χ2v) is 4.66. The summed E-state index contributed by atoms with van der Waals surface area (Å²) in [6.45, 7) is 0. The number of carbonyl (C=O) groups excluding carboxylic acids is 1. The molecule has 0 bridgehead atoms. The van der Waals surface area contributed by atoms with Crippen molar-refractivity contribution < 1.29 is 9.90 Å². The lowest BCUT2D eigenvalue weighted by Crippen LogP contribution is -2.17. The summed E-state index contributed by atoms with van der Waals surface area (Å²) in [5.74, 6) is -0.248.